The molecular formula is C11H10ClFN2O3S. The third-order valence-electron chi connectivity index (χ3n) is 2.41. The second kappa shape index (κ2) is 4.82. The smallest absolute Gasteiger partial charge is 0.267 e. The van der Waals surface area contributed by atoms with E-state index in [4.69, 9.17) is 16.1 Å². The molecule has 0 amide bonds. The summed E-state index contributed by atoms with van der Waals surface area (Å²) in [6.07, 6.45) is 0. The number of anilines is 1. The van der Waals surface area contributed by atoms with Crippen LogP contribution in [0.2, 0.25) is 5.02 Å². The number of sulfonamides is 1. The van der Waals surface area contributed by atoms with Gasteiger partial charge in [-0.3, -0.25) is 4.72 Å². The van der Waals surface area contributed by atoms with E-state index in [0.29, 0.717) is 0 Å². The Morgan fingerprint density at radius 2 is 2.05 bits per heavy atom. The molecule has 0 spiro atoms. The van der Waals surface area contributed by atoms with E-state index in [1.807, 2.05) is 0 Å². The van der Waals surface area contributed by atoms with E-state index in [2.05, 4.69) is 9.88 Å². The fraction of sp³-hybridized carbons (Fsp3) is 0.182. The number of nitrogens with one attached hydrogen (secondary N) is 1. The maximum atomic E-state index is 13.0. The first-order valence-electron chi connectivity index (χ1n) is 5.22. The lowest BCUT2D eigenvalue weighted by Gasteiger charge is -2.07. The molecule has 102 valence electrons. The molecule has 1 heterocycles. The molecule has 1 N–H and O–H groups in total. The predicted octanol–water partition coefficient (Wildman–Crippen LogP) is 2.88. The highest BCUT2D eigenvalue weighted by Gasteiger charge is 2.24. The van der Waals surface area contributed by atoms with Gasteiger partial charge in [0.15, 0.2) is 10.7 Å². The first-order valence-corrected chi connectivity index (χ1v) is 7.08. The normalized spacial score (nSPS) is 11.6. The highest BCUT2D eigenvalue weighted by atomic mass is 35.5. The summed E-state index contributed by atoms with van der Waals surface area (Å²) in [5.41, 5.74) is 0.407. The fourth-order valence-corrected chi connectivity index (χ4v) is 3.19. The zero-order valence-electron chi connectivity index (χ0n) is 10.1. The largest absolute Gasteiger partial charge is 0.360 e. The van der Waals surface area contributed by atoms with Crippen molar-refractivity contribution >= 4 is 27.3 Å². The summed E-state index contributed by atoms with van der Waals surface area (Å²) < 4.78 is 44.4. The zero-order valence-corrected chi connectivity index (χ0v) is 11.6. The minimum absolute atomic E-state index is 0.0343. The van der Waals surface area contributed by atoms with Gasteiger partial charge in [-0.2, -0.15) is 0 Å². The van der Waals surface area contributed by atoms with E-state index >= 15 is 0 Å². The van der Waals surface area contributed by atoms with Crippen molar-refractivity contribution in [2.45, 2.75) is 18.7 Å². The second-order valence-corrected chi connectivity index (χ2v) is 5.91. The fourth-order valence-electron chi connectivity index (χ4n) is 1.62. The van der Waals surface area contributed by atoms with Crippen molar-refractivity contribution < 1.29 is 17.3 Å². The van der Waals surface area contributed by atoms with Gasteiger partial charge in [-0.05, 0) is 32.0 Å². The van der Waals surface area contributed by atoms with Gasteiger partial charge in [-0.1, -0.05) is 16.8 Å². The van der Waals surface area contributed by atoms with Crippen molar-refractivity contribution in [3.05, 3.63) is 40.5 Å². The average Bonchev–Trinajstić information content (AvgIpc) is 2.64. The molecule has 0 aliphatic carbocycles. The molecule has 0 radical (unpaired) electrons. The van der Waals surface area contributed by atoms with Gasteiger partial charge in [0.25, 0.3) is 10.0 Å². The molecule has 0 aliphatic rings. The van der Waals surface area contributed by atoms with Crippen LogP contribution in [0.3, 0.4) is 0 Å². The van der Waals surface area contributed by atoms with Crippen LogP contribution < -0.4 is 4.72 Å². The minimum atomic E-state index is -3.85. The number of nitrogens with zero attached hydrogens (tertiary/aromatic N) is 1. The molecule has 0 unspecified atom stereocenters. The molecule has 0 atom stereocenters. The summed E-state index contributed by atoms with van der Waals surface area (Å²) in [5.74, 6) is -0.444. The van der Waals surface area contributed by atoms with E-state index in [1.54, 1.807) is 0 Å². The molecule has 2 rings (SSSR count). The first kappa shape index (κ1) is 13.8. The van der Waals surface area contributed by atoms with Crippen LogP contribution in [-0.4, -0.2) is 13.6 Å². The van der Waals surface area contributed by atoms with E-state index in [0.717, 1.165) is 6.07 Å². The number of hydrogen-bond donors (Lipinski definition) is 1. The first-order chi connectivity index (χ1) is 8.81. The summed E-state index contributed by atoms with van der Waals surface area (Å²) in [6, 6.07) is 3.54. The lowest BCUT2D eigenvalue weighted by atomic mass is 10.3. The molecule has 8 heteroatoms. The molecule has 2 aromatic rings. The second-order valence-electron chi connectivity index (χ2n) is 3.89. The molecule has 0 bridgehead atoms. The van der Waals surface area contributed by atoms with Gasteiger partial charge in [-0.15, -0.1) is 0 Å². The Kier molecular flexibility index (Phi) is 3.51. The van der Waals surface area contributed by atoms with Crippen LogP contribution >= 0.6 is 11.6 Å². The Bertz CT molecular complexity index is 708. The van der Waals surface area contributed by atoms with Crippen LogP contribution in [0.5, 0.6) is 0 Å². The molecule has 5 nitrogen and oxygen atoms in total. The molecule has 0 aliphatic heterocycles. The Morgan fingerprint density at radius 1 is 1.37 bits per heavy atom. The molecule has 1 aromatic carbocycles. The molecule has 0 saturated heterocycles. The Balaban J connectivity index is 2.39. The van der Waals surface area contributed by atoms with E-state index in [9.17, 15) is 12.8 Å². The standard InChI is InChI=1S/C11H10ClFN2O3S/c1-6-11(7(2)18-14-6)19(16,17)15-8-3-4-10(13)9(12)5-8/h3-5,15H,1-2H3. The third-order valence-corrected chi connectivity index (χ3v) is 4.32. The lowest BCUT2D eigenvalue weighted by molar-refractivity contribution is 0.390. The summed E-state index contributed by atoms with van der Waals surface area (Å²) in [7, 11) is -3.85. The van der Waals surface area contributed by atoms with Crippen LogP contribution in [0.25, 0.3) is 0 Å². The van der Waals surface area contributed by atoms with Crippen LogP contribution in [0.4, 0.5) is 10.1 Å². The Morgan fingerprint density at radius 3 is 2.58 bits per heavy atom. The number of benzene rings is 1. The average molecular weight is 305 g/mol. The van der Waals surface area contributed by atoms with Crippen molar-refractivity contribution in [2.75, 3.05) is 4.72 Å². The number of rotatable bonds is 3. The zero-order chi connectivity index (χ0) is 14.2. The van der Waals surface area contributed by atoms with Gasteiger partial charge >= 0.3 is 0 Å². The highest BCUT2D eigenvalue weighted by Crippen LogP contribution is 2.24. The maximum absolute atomic E-state index is 13.0. The van der Waals surface area contributed by atoms with Gasteiger partial charge in [-0.25, -0.2) is 12.8 Å². The van der Waals surface area contributed by atoms with Crippen molar-refractivity contribution in [3.63, 3.8) is 0 Å². The van der Waals surface area contributed by atoms with Gasteiger partial charge in [0, 0.05) is 0 Å². The molecular weight excluding hydrogens is 295 g/mol. The quantitative estimate of drug-likeness (QED) is 0.946. The van der Waals surface area contributed by atoms with Gasteiger partial charge in [0.1, 0.15) is 11.5 Å². The van der Waals surface area contributed by atoms with E-state index in [-0.39, 0.29) is 27.1 Å². The van der Waals surface area contributed by atoms with Crippen LogP contribution in [-0.2, 0) is 10.0 Å². The lowest BCUT2D eigenvalue weighted by Crippen LogP contribution is -2.14. The summed E-state index contributed by atoms with van der Waals surface area (Å²) >= 11 is 5.59. The van der Waals surface area contributed by atoms with E-state index < -0.39 is 15.8 Å². The monoisotopic (exact) mass is 304 g/mol. The summed E-state index contributed by atoms with van der Waals surface area (Å²) in [5, 5.41) is 3.41. The van der Waals surface area contributed by atoms with Crippen molar-refractivity contribution in [2.24, 2.45) is 0 Å². The van der Waals surface area contributed by atoms with E-state index in [1.165, 1.54) is 26.0 Å². The molecule has 0 saturated carbocycles. The number of aromatic nitrogens is 1. The SMILES string of the molecule is Cc1noc(C)c1S(=O)(=O)Nc1ccc(F)c(Cl)c1. The number of halogens is 2. The van der Waals surface area contributed by atoms with Gasteiger partial charge < -0.3 is 4.52 Å². The predicted molar refractivity (Wildman–Crippen MR) is 68.2 cm³/mol. The summed E-state index contributed by atoms with van der Waals surface area (Å²) in [4.78, 5) is -0.0343. The molecule has 19 heavy (non-hydrogen) atoms. The molecule has 0 fully saturated rings. The van der Waals surface area contributed by atoms with Gasteiger partial charge in [0.2, 0.25) is 0 Å². The topological polar surface area (TPSA) is 72.2 Å². The van der Waals surface area contributed by atoms with Crippen molar-refractivity contribution in [1.29, 1.82) is 0 Å². The summed E-state index contributed by atoms with van der Waals surface area (Å²) in [6.45, 7) is 3.01. The number of aryl methyl sites for hydroxylation is 2. The van der Waals surface area contributed by atoms with Crippen LogP contribution in [0, 0.1) is 19.7 Å². The third kappa shape index (κ3) is 2.71. The van der Waals surface area contributed by atoms with Gasteiger partial charge in [0.05, 0.1) is 10.7 Å². The molecule has 1 aromatic heterocycles. The van der Waals surface area contributed by atoms with Crippen molar-refractivity contribution in [1.82, 2.24) is 5.16 Å². The van der Waals surface area contributed by atoms with Crippen LogP contribution in [0.1, 0.15) is 11.5 Å². The maximum Gasteiger partial charge on any atom is 0.267 e. The Labute approximate surface area is 114 Å². The Hall–Kier alpha value is -1.60. The van der Waals surface area contributed by atoms with Crippen molar-refractivity contribution in [3.8, 4) is 0 Å². The minimum Gasteiger partial charge on any atom is -0.360 e. The number of hydrogen-bond acceptors (Lipinski definition) is 4. The highest BCUT2D eigenvalue weighted by molar-refractivity contribution is 7.92. The van der Waals surface area contributed by atoms with Crippen LogP contribution in [0.15, 0.2) is 27.6 Å².